The van der Waals surface area contributed by atoms with Crippen molar-refractivity contribution in [2.75, 3.05) is 0 Å². The molecule has 0 heterocycles. The van der Waals surface area contributed by atoms with Gasteiger partial charge in [0.15, 0.2) is 0 Å². The lowest BCUT2D eigenvalue weighted by atomic mass is 9.85. The minimum absolute atomic E-state index is 1.22. The molecule has 0 saturated carbocycles. The van der Waals surface area contributed by atoms with E-state index in [9.17, 15) is 0 Å². The highest BCUT2D eigenvalue weighted by Gasteiger charge is 2.17. The molecule has 9 aromatic rings. The molecule has 214 valence electrons. The monoisotopic (exact) mass is 582 g/mol. The summed E-state index contributed by atoms with van der Waals surface area (Å²) in [6.07, 6.45) is 0. The van der Waals surface area contributed by atoms with E-state index < -0.39 is 0 Å². The van der Waals surface area contributed by atoms with E-state index in [1.807, 2.05) is 0 Å². The molecule has 0 atom stereocenters. The number of fused-ring (bicyclic) bond motifs is 5. The Morgan fingerprint density at radius 2 is 0.609 bits per heavy atom. The lowest BCUT2D eigenvalue weighted by molar-refractivity contribution is 1.61. The van der Waals surface area contributed by atoms with Gasteiger partial charge in [0, 0.05) is 0 Å². The van der Waals surface area contributed by atoms with E-state index in [2.05, 4.69) is 182 Å². The van der Waals surface area contributed by atoms with Gasteiger partial charge in [-0.3, -0.25) is 0 Å². The lowest BCUT2D eigenvalue weighted by Gasteiger charge is -2.18. The number of benzene rings is 9. The third kappa shape index (κ3) is 4.38. The van der Waals surface area contributed by atoms with Gasteiger partial charge in [-0.1, -0.05) is 164 Å². The molecular formula is C46H30. The zero-order valence-corrected chi connectivity index (χ0v) is 25.3. The molecule has 0 nitrogen and oxygen atoms in total. The third-order valence-electron chi connectivity index (χ3n) is 9.42. The van der Waals surface area contributed by atoms with Gasteiger partial charge in [0.2, 0.25) is 0 Å². The number of rotatable bonds is 4. The molecule has 0 saturated heterocycles. The Morgan fingerprint density at radius 3 is 1.22 bits per heavy atom. The van der Waals surface area contributed by atoms with E-state index in [0.29, 0.717) is 0 Å². The van der Waals surface area contributed by atoms with Crippen LogP contribution in [0.5, 0.6) is 0 Å². The zero-order valence-electron chi connectivity index (χ0n) is 25.3. The van der Waals surface area contributed by atoms with Gasteiger partial charge < -0.3 is 0 Å². The van der Waals surface area contributed by atoms with Crippen molar-refractivity contribution in [3.8, 4) is 44.5 Å². The summed E-state index contributed by atoms with van der Waals surface area (Å²) in [5.74, 6) is 0. The van der Waals surface area contributed by atoms with E-state index in [1.54, 1.807) is 0 Å². The standard InChI is InChI=1S/C46H30/c1-2-12-31(13-3-1)33-15-10-17-37(29-33)45-41-20-6-8-22-43(41)46(44-23-9-7-21-42(44)45)38-18-11-16-34(30-38)35-26-27-40-36(28-35)25-24-32-14-4-5-19-39(32)40/h1-30H. The minimum atomic E-state index is 1.22. The van der Waals surface area contributed by atoms with Gasteiger partial charge in [-0.15, -0.1) is 0 Å². The summed E-state index contributed by atoms with van der Waals surface area (Å²) in [5.41, 5.74) is 9.94. The zero-order chi connectivity index (χ0) is 30.5. The predicted octanol–water partition coefficient (Wildman–Crippen LogP) is 13.0. The highest BCUT2D eigenvalue weighted by atomic mass is 14.2. The van der Waals surface area contributed by atoms with Crippen molar-refractivity contribution >= 4 is 43.1 Å². The van der Waals surface area contributed by atoms with Gasteiger partial charge in [-0.25, -0.2) is 0 Å². The number of hydrogen-bond donors (Lipinski definition) is 0. The molecule has 0 fully saturated rings. The Bertz CT molecular complexity index is 2520. The minimum Gasteiger partial charge on any atom is -0.0622 e. The van der Waals surface area contributed by atoms with Crippen LogP contribution in [0.15, 0.2) is 182 Å². The SMILES string of the molecule is c1ccc(-c2cccc(-c3c4ccccc4c(-c4cccc(-c5ccc6c(ccc7ccccc76)c5)c4)c4ccccc34)c2)cc1. The van der Waals surface area contributed by atoms with E-state index >= 15 is 0 Å². The Morgan fingerprint density at radius 1 is 0.196 bits per heavy atom. The largest absolute Gasteiger partial charge is 0.0622 e. The normalized spacial score (nSPS) is 11.5. The van der Waals surface area contributed by atoms with Crippen molar-refractivity contribution in [2.45, 2.75) is 0 Å². The van der Waals surface area contributed by atoms with Gasteiger partial charge in [-0.05, 0) is 106 Å². The van der Waals surface area contributed by atoms with Gasteiger partial charge in [0.05, 0.1) is 0 Å². The van der Waals surface area contributed by atoms with E-state index in [0.717, 1.165) is 0 Å². The quantitative estimate of drug-likeness (QED) is 0.143. The highest BCUT2D eigenvalue weighted by Crippen LogP contribution is 2.45. The molecule has 0 bridgehead atoms. The molecule has 0 spiro atoms. The van der Waals surface area contributed by atoms with Gasteiger partial charge in [-0.2, -0.15) is 0 Å². The third-order valence-corrected chi connectivity index (χ3v) is 9.42. The van der Waals surface area contributed by atoms with Crippen LogP contribution in [-0.2, 0) is 0 Å². The molecule has 0 heteroatoms. The second-order valence-corrected chi connectivity index (χ2v) is 12.1. The Labute approximate surface area is 268 Å². The summed E-state index contributed by atoms with van der Waals surface area (Å²) in [5, 5.41) is 10.2. The molecule has 0 aliphatic rings. The van der Waals surface area contributed by atoms with Crippen LogP contribution >= 0.6 is 0 Å². The van der Waals surface area contributed by atoms with E-state index in [1.165, 1.54) is 87.6 Å². The first-order chi connectivity index (χ1) is 22.8. The Hall–Kier alpha value is -5.98. The molecule has 0 N–H and O–H groups in total. The lowest BCUT2D eigenvalue weighted by Crippen LogP contribution is -1.91. The second-order valence-electron chi connectivity index (χ2n) is 12.1. The molecule has 0 radical (unpaired) electrons. The maximum Gasteiger partial charge on any atom is -0.00262 e. The highest BCUT2D eigenvalue weighted by molar-refractivity contribution is 6.21. The van der Waals surface area contributed by atoms with Crippen molar-refractivity contribution in [3.63, 3.8) is 0 Å². The van der Waals surface area contributed by atoms with Crippen LogP contribution in [0, 0.1) is 0 Å². The molecule has 46 heavy (non-hydrogen) atoms. The topological polar surface area (TPSA) is 0 Å². The summed E-state index contributed by atoms with van der Waals surface area (Å²) in [6, 6.07) is 66.5. The predicted molar refractivity (Wildman–Crippen MR) is 198 cm³/mol. The van der Waals surface area contributed by atoms with Crippen molar-refractivity contribution in [1.29, 1.82) is 0 Å². The number of hydrogen-bond acceptors (Lipinski definition) is 0. The maximum absolute atomic E-state index is 2.37. The fraction of sp³-hybridized carbons (Fsp3) is 0. The van der Waals surface area contributed by atoms with Crippen LogP contribution in [0.25, 0.3) is 87.6 Å². The molecule has 0 unspecified atom stereocenters. The summed E-state index contributed by atoms with van der Waals surface area (Å²) in [7, 11) is 0. The van der Waals surface area contributed by atoms with Crippen molar-refractivity contribution in [1.82, 2.24) is 0 Å². The molecule has 0 aliphatic carbocycles. The summed E-state index contributed by atoms with van der Waals surface area (Å²) >= 11 is 0. The van der Waals surface area contributed by atoms with Crippen molar-refractivity contribution in [2.24, 2.45) is 0 Å². The summed E-state index contributed by atoms with van der Waals surface area (Å²) in [6.45, 7) is 0. The van der Waals surface area contributed by atoms with Crippen LogP contribution in [0.3, 0.4) is 0 Å². The van der Waals surface area contributed by atoms with Crippen LogP contribution in [-0.4, -0.2) is 0 Å². The molecule has 9 rings (SSSR count). The molecule has 9 aromatic carbocycles. The van der Waals surface area contributed by atoms with Crippen LogP contribution < -0.4 is 0 Å². The molecular weight excluding hydrogens is 553 g/mol. The average molecular weight is 583 g/mol. The second kappa shape index (κ2) is 10.9. The summed E-state index contributed by atoms with van der Waals surface area (Å²) in [4.78, 5) is 0. The molecule has 0 aliphatic heterocycles. The van der Waals surface area contributed by atoms with Gasteiger partial charge >= 0.3 is 0 Å². The van der Waals surface area contributed by atoms with Crippen molar-refractivity contribution in [3.05, 3.63) is 182 Å². The molecule has 0 aromatic heterocycles. The van der Waals surface area contributed by atoms with E-state index in [4.69, 9.17) is 0 Å². The van der Waals surface area contributed by atoms with Crippen molar-refractivity contribution < 1.29 is 0 Å². The average Bonchev–Trinajstić information content (AvgIpc) is 3.14. The van der Waals surface area contributed by atoms with Crippen LogP contribution in [0.2, 0.25) is 0 Å². The first-order valence-corrected chi connectivity index (χ1v) is 15.9. The smallest absolute Gasteiger partial charge is 0.00262 e. The van der Waals surface area contributed by atoms with Crippen LogP contribution in [0.1, 0.15) is 0 Å². The first-order valence-electron chi connectivity index (χ1n) is 15.9. The van der Waals surface area contributed by atoms with E-state index in [-0.39, 0.29) is 0 Å². The van der Waals surface area contributed by atoms with Crippen LogP contribution in [0.4, 0.5) is 0 Å². The Kier molecular flexibility index (Phi) is 6.25. The first kappa shape index (κ1) is 26.4. The van der Waals surface area contributed by atoms with Gasteiger partial charge in [0.25, 0.3) is 0 Å². The fourth-order valence-electron chi connectivity index (χ4n) is 7.28. The Balaban J connectivity index is 1.24. The molecule has 0 amide bonds. The van der Waals surface area contributed by atoms with Gasteiger partial charge in [0.1, 0.15) is 0 Å². The fourth-order valence-corrected chi connectivity index (χ4v) is 7.28. The maximum atomic E-state index is 2.37. The summed E-state index contributed by atoms with van der Waals surface area (Å²) < 4.78 is 0.